The summed E-state index contributed by atoms with van der Waals surface area (Å²) in [6, 6.07) is 15.5. The third-order valence-corrected chi connectivity index (χ3v) is 11.4. The highest BCUT2D eigenvalue weighted by Crippen LogP contribution is 2.68. The molecule has 6 nitrogen and oxygen atoms in total. The Morgan fingerprint density at radius 2 is 1.61 bits per heavy atom. The van der Waals surface area contributed by atoms with Crippen LogP contribution in [0.4, 0.5) is 11.4 Å². The number of rotatable bonds is 3. The first-order valence-electron chi connectivity index (χ1n) is 12.1. The maximum absolute atomic E-state index is 13.8. The number of thiazole rings is 1. The molecule has 9 heteroatoms. The zero-order chi connectivity index (χ0) is 24.9. The van der Waals surface area contributed by atoms with Crippen LogP contribution in [0.25, 0.3) is 0 Å². The molecule has 36 heavy (non-hydrogen) atoms. The fraction of sp³-hybridized carbons (Fsp3) is 0.370. The molecule has 0 unspecified atom stereocenters. The Kier molecular flexibility index (Phi) is 5.01. The number of thioether (sulfide) groups is 1. The van der Waals surface area contributed by atoms with Crippen molar-refractivity contribution >= 4 is 57.9 Å². The molecule has 3 aromatic rings. The fourth-order valence-electron chi connectivity index (χ4n) is 7.21. The Morgan fingerprint density at radius 3 is 2.28 bits per heavy atom. The molecule has 2 aliphatic carbocycles. The van der Waals surface area contributed by atoms with Crippen molar-refractivity contribution in [3.63, 3.8) is 0 Å². The van der Waals surface area contributed by atoms with E-state index in [0.717, 1.165) is 22.0 Å². The average Bonchev–Trinajstić information content (AvgIpc) is 3.59. The van der Waals surface area contributed by atoms with Gasteiger partial charge in [0.2, 0.25) is 11.8 Å². The molecule has 3 fully saturated rings. The Hall–Kier alpha value is -2.55. The van der Waals surface area contributed by atoms with Crippen LogP contribution >= 0.6 is 34.7 Å². The number of fused-ring (bicyclic) bond motifs is 9. The minimum atomic E-state index is -0.305. The number of aromatic nitrogens is 1. The van der Waals surface area contributed by atoms with Crippen LogP contribution in [0.2, 0.25) is 5.02 Å². The number of carbonyl (C=O) groups is 2. The summed E-state index contributed by atoms with van der Waals surface area (Å²) in [4.78, 5) is 47.4. The number of nitrogens with one attached hydrogen (secondary N) is 1. The van der Waals surface area contributed by atoms with Crippen LogP contribution in [0.3, 0.4) is 0 Å². The van der Waals surface area contributed by atoms with E-state index in [9.17, 15) is 14.4 Å². The molecule has 2 amide bonds. The summed E-state index contributed by atoms with van der Waals surface area (Å²) in [5.41, 5.74) is 2.88. The van der Waals surface area contributed by atoms with E-state index in [1.807, 2.05) is 14.1 Å². The standard InChI is InChI=1S/C27H24ClN3O3S2/c1-30(2)14-7-3-12(4-8-14)18-19-16-11-17(22(19)35-24-23(18)36-27(34)29-24)21-20(16)25(32)31(26(21)33)15-9-5-13(28)6-10-15/h3-10,16-22H,11H2,1-2H3,(H,29,34)/t16-,17-,18+,19+,20+,21+,22-/m1/s1. The van der Waals surface area contributed by atoms with Crippen LogP contribution < -0.4 is 14.7 Å². The van der Waals surface area contributed by atoms with Crippen LogP contribution in [-0.2, 0) is 9.59 Å². The molecular weight excluding hydrogens is 514 g/mol. The first kappa shape index (κ1) is 22.6. The van der Waals surface area contributed by atoms with Crippen molar-refractivity contribution in [2.24, 2.45) is 29.6 Å². The van der Waals surface area contributed by atoms with Gasteiger partial charge in [0.1, 0.15) is 0 Å². The number of anilines is 2. The predicted octanol–water partition coefficient (Wildman–Crippen LogP) is 4.83. The summed E-state index contributed by atoms with van der Waals surface area (Å²) >= 11 is 9.06. The van der Waals surface area contributed by atoms with Crippen molar-refractivity contribution in [1.82, 2.24) is 4.98 Å². The molecule has 2 aromatic carbocycles. The average molecular weight is 538 g/mol. The molecule has 2 aliphatic heterocycles. The zero-order valence-electron chi connectivity index (χ0n) is 19.7. The Balaban J connectivity index is 1.31. The number of imide groups is 1. The molecule has 4 aliphatic rings. The quantitative estimate of drug-likeness (QED) is 0.484. The van der Waals surface area contributed by atoms with Crippen molar-refractivity contribution in [1.29, 1.82) is 0 Å². The fourth-order valence-corrected chi connectivity index (χ4v) is 10.2. The van der Waals surface area contributed by atoms with Gasteiger partial charge >= 0.3 is 4.87 Å². The highest BCUT2D eigenvalue weighted by Gasteiger charge is 2.69. The number of aromatic amines is 1. The zero-order valence-corrected chi connectivity index (χ0v) is 22.1. The molecule has 3 heterocycles. The second-order valence-electron chi connectivity index (χ2n) is 10.4. The van der Waals surface area contributed by atoms with E-state index in [0.29, 0.717) is 10.7 Å². The Labute approximate surface area is 221 Å². The molecule has 0 radical (unpaired) electrons. The minimum Gasteiger partial charge on any atom is -0.378 e. The van der Waals surface area contributed by atoms with Crippen LogP contribution in [0.1, 0.15) is 22.8 Å². The summed E-state index contributed by atoms with van der Waals surface area (Å²) in [5, 5.41) is 1.70. The van der Waals surface area contributed by atoms with Gasteiger partial charge in [-0.2, -0.15) is 0 Å². The molecule has 1 N–H and O–H groups in total. The molecule has 2 bridgehead atoms. The van der Waals surface area contributed by atoms with Crippen molar-refractivity contribution in [3.8, 4) is 0 Å². The number of nitrogens with zero attached hydrogens (tertiary/aromatic N) is 2. The van der Waals surface area contributed by atoms with Crippen LogP contribution in [0, 0.1) is 29.6 Å². The van der Waals surface area contributed by atoms with E-state index in [1.54, 1.807) is 36.0 Å². The highest BCUT2D eigenvalue weighted by molar-refractivity contribution is 8.00. The van der Waals surface area contributed by atoms with E-state index >= 15 is 0 Å². The normalized spacial score (nSPS) is 32.0. The molecular formula is C27H24ClN3O3S2. The maximum atomic E-state index is 13.8. The van der Waals surface area contributed by atoms with Crippen LogP contribution in [-0.4, -0.2) is 36.1 Å². The van der Waals surface area contributed by atoms with Crippen molar-refractivity contribution in [2.45, 2.75) is 22.6 Å². The van der Waals surface area contributed by atoms with Gasteiger partial charge in [0, 0.05) is 40.9 Å². The van der Waals surface area contributed by atoms with Crippen molar-refractivity contribution < 1.29 is 9.59 Å². The van der Waals surface area contributed by atoms with Crippen LogP contribution in [0.5, 0.6) is 0 Å². The van der Waals surface area contributed by atoms with Crippen LogP contribution in [0.15, 0.2) is 58.4 Å². The van der Waals surface area contributed by atoms with E-state index in [1.165, 1.54) is 21.8 Å². The summed E-state index contributed by atoms with van der Waals surface area (Å²) in [7, 11) is 4.03. The second-order valence-corrected chi connectivity index (χ2v) is 13.1. The van der Waals surface area contributed by atoms with Gasteiger partial charge in [-0.3, -0.25) is 19.3 Å². The second kappa shape index (κ2) is 7.97. The van der Waals surface area contributed by atoms with Crippen molar-refractivity contribution in [3.05, 3.63) is 73.7 Å². The number of amides is 2. The lowest BCUT2D eigenvalue weighted by Gasteiger charge is -2.43. The molecule has 7 atom stereocenters. The summed E-state index contributed by atoms with van der Waals surface area (Å²) in [6.07, 6.45) is 0.884. The van der Waals surface area contributed by atoms with Gasteiger partial charge in [-0.25, -0.2) is 0 Å². The molecule has 1 saturated heterocycles. The lowest BCUT2D eigenvalue weighted by molar-refractivity contribution is -0.123. The first-order valence-corrected chi connectivity index (χ1v) is 14.2. The minimum absolute atomic E-state index is 0.0369. The van der Waals surface area contributed by atoms with E-state index in [4.69, 9.17) is 11.6 Å². The number of benzene rings is 2. The van der Waals surface area contributed by atoms with E-state index in [2.05, 4.69) is 34.1 Å². The van der Waals surface area contributed by atoms with E-state index < -0.39 is 0 Å². The highest BCUT2D eigenvalue weighted by atomic mass is 35.5. The lowest BCUT2D eigenvalue weighted by Crippen LogP contribution is -2.42. The Morgan fingerprint density at radius 1 is 0.944 bits per heavy atom. The number of H-pyrrole nitrogens is 1. The van der Waals surface area contributed by atoms with Gasteiger partial charge in [0.05, 0.1) is 22.5 Å². The third-order valence-electron chi connectivity index (χ3n) is 8.58. The third kappa shape index (κ3) is 3.07. The summed E-state index contributed by atoms with van der Waals surface area (Å²) in [6.45, 7) is 0. The number of carbonyl (C=O) groups excluding carboxylic acids is 2. The molecule has 7 rings (SSSR count). The van der Waals surface area contributed by atoms with Gasteiger partial charge in [-0.05, 0) is 66.1 Å². The Bertz CT molecular complexity index is 1450. The van der Waals surface area contributed by atoms with Gasteiger partial charge in [0.15, 0.2) is 0 Å². The maximum Gasteiger partial charge on any atom is 0.305 e. The number of halogens is 1. The van der Waals surface area contributed by atoms with Gasteiger partial charge < -0.3 is 9.88 Å². The molecule has 2 saturated carbocycles. The first-order chi connectivity index (χ1) is 17.3. The van der Waals surface area contributed by atoms with Crippen molar-refractivity contribution in [2.75, 3.05) is 23.9 Å². The smallest absolute Gasteiger partial charge is 0.305 e. The number of hydrogen-bond donors (Lipinski definition) is 1. The van der Waals surface area contributed by atoms with Gasteiger partial charge in [-0.15, -0.1) is 11.8 Å². The molecule has 1 aromatic heterocycles. The molecule has 0 spiro atoms. The van der Waals surface area contributed by atoms with E-state index in [-0.39, 0.29) is 57.4 Å². The summed E-state index contributed by atoms with van der Waals surface area (Å²) in [5.74, 6) is -0.314. The van der Waals surface area contributed by atoms with Gasteiger partial charge in [0.25, 0.3) is 0 Å². The summed E-state index contributed by atoms with van der Waals surface area (Å²) < 4.78 is 0. The molecule has 184 valence electrons. The largest absolute Gasteiger partial charge is 0.378 e. The predicted molar refractivity (Wildman–Crippen MR) is 143 cm³/mol. The topological polar surface area (TPSA) is 73.5 Å². The SMILES string of the molecule is CN(C)c1ccc([C@@H]2c3sc(=O)[nH]c3S[C@@H]3[C@@H]4C[C@@H]([C@@H]5C(=O)N(c6ccc(Cl)cc6)C(=O)[C@@H]45)[C@@H]23)cc1. The monoisotopic (exact) mass is 537 g/mol. The van der Waals surface area contributed by atoms with Gasteiger partial charge in [-0.1, -0.05) is 35.1 Å². The number of hydrogen-bond acceptors (Lipinski definition) is 6. The lowest BCUT2D eigenvalue weighted by atomic mass is 9.68.